The Morgan fingerprint density at radius 1 is 1.33 bits per heavy atom. The first kappa shape index (κ1) is 15.2. The van der Waals surface area contributed by atoms with Crippen LogP contribution < -0.4 is 5.14 Å². The van der Waals surface area contributed by atoms with Crippen molar-refractivity contribution in [1.82, 2.24) is 9.21 Å². The lowest BCUT2D eigenvalue weighted by molar-refractivity contribution is 0.0143. The van der Waals surface area contributed by atoms with Crippen molar-refractivity contribution in [3.8, 4) is 0 Å². The highest BCUT2D eigenvalue weighted by atomic mass is 32.2. The van der Waals surface area contributed by atoms with Crippen molar-refractivity contribution in [2.75, 3.05) is 19.6 Å². The lowest BCUT2D eigenvalue weighted by Crippen LogP contribution is -2.57. The fraction of sp³-hybridized carbons (Fsp3) is 0.900. The van der Waals surface area contributed by atoms with Crippen molar-refractivity contribution in [2.45, 2.75) is 39.3 Å². The van der Waals surface area contributed by atoms with E-state index in [1.165, 1.54) is 9.21 Å². The van der Waals surface area contributed by atoms with Gasteiger partial charge in [0.1, 0.15) is 5.60 Å². The first-order valence-electron chi connectivity index (χ1n) is 5.78. The summed E-state index contributed by atoms with van der Waals surface area (Å²) in [4.78, 5) is 13.3. The van der Waals surface area contributed by atoms with Crippen LogP contribution in [-0.4, -0.2) is 55.0 Å². The molecule has 1 fully saturated rings. The third kappa shape index (κ3) is 4.11. The number of nitrogens with two attached hydrogens (primary N) is 1. The highest BCUT2D eigenvalue weighted by Gasteiger charge is 2.33. The van der Waals surface area contributed by atoms with Crippen LogP contribution in [0.4, 0.5) is 4.79 Å². The Balaban J connectivity index is 2.64. The van der Waals surface area contributed by atoms with E-state index < -0.39 is 21.9 Å². The second-order valence-corrected chi connectivity index (χ2v) is 6.93. The number of hydrogen-bond acceptors (Lipinski definition) is 4. The Morgan fingerprint density at radius 2 is 1.89 bits per heavy atom. The third-order valence-corrected chi connectivity index (χ3v) is 3.74. The molecule has 0 radical (unpaired) electrons. The van der Waals surface area contributed by atoms with E-state index in [9.17, 15) is 13.2 Å². The molecule has 0 aromatic carbocycles. The van der Waals surface area contributed by atoms with Crippen LogP contribution in [0.3, 0.4) is 0 Å². The van der Waals surface area contributed by atoms with Gasteiger partial charge in [0.15, 0.2) is 0 Å². The predicted molar refractivity (Wildman–Crippen MR) is 67.1 cm³/mol. The summed E-state index contributed by atoms with van der Waals surface area (Å²) in [6, 6.07) is -0.346. The van der Waals surface area contributed by atoms with Gasteiger partial charge in [-0.1, -0.05) is 0 Å². The normalized spacial score (nSPS) is 22.9. The Hall–Kier alpha value is -0.860. The Bertz CT molecular complexity index is 415. The van der Waals surface area contributed by atoms with Crippen LogP contribution in [0.25, 0.3) is 0 Å². The SMILES string of the molecule is C[C@@H]1CN(C(=O)OC(C)(C)C)CCN1S(N)(=O)=O. The monoisotopic (exact) mass is 279 g/mol. The van der Waals surface area contributed by atoms with E-state index in [-0.39, 0.29) is 25.7 Å². The molecule has 0 aliphatic carbocycles. The van der Waals surface area contributed by atoms with Crippen LogP contribution in [-0.2, 0) is 14.9 Å². The van der Waals surface area contributed by atoms with Crippen molar-refractivity contribution < 1.29 is 17.9 Å². The highest BCUT2D eigenvalue weighted by molar-refractivity contribution is 7.86. The zero-order valence-electron chi connectivity index (χ0n) is 11.2. The van der Waals surface area contributed by atoms with Gasteiger partial charge in [0.05, 0.1) is 0 Å². The molecule has 2 N–H and O–H groups in total. The molecule has 1 amide bonds. The molecule has 1 aliphatic rings. The topological polar surface area (TPSA) is 92.9 Å². The van der Waals surface area contributed by atoms with Crippen LogP contribution >= 0.6 is 0 Å². The molecule has 1 atom stereocenters. The van der Waals surface area contributed by atoms with Gasteiger partial charge in [0.2, 0.25) is 0 Å². The number of ether oxygens (including phenoxy) is 1. The summed E-state index contributed by atoms with van der Waals surface area (Å²) in [6.45, 7) is 7.83. The van der Waals surface area contributed by atoms with E-state index in [1.54, 1.807) is 27.7 Å². The second kappa shape index (κ2) is 5.02. The van der Waals surface area contributed by atoms with E-state index in [0.29, 0.717) is 0 Å². The molecule has 7 nitrogen and oxygen atoms in total. The maximum absolute atomic E-state index is 11.8. The minimum atomic E-state index is -3.70. The molecule has 0 aromatic heterocycles. The third-order valence-electron chi connectivity index (χ3n) is 2.55. The van der Waals surface area contributed by atoms with Crippen molar-refractivity contribution in [3.05, 3.63) is 0 Å². The minimum Gasteiger partial charge on any atom is -0.444 e. The van der Waals surface area contributed by atoms with Crippen LogP contribution in [0.1, 0.15) is 27.7 Å². The average Bonchev–Trinajstić information content (AvgIpc) is 2.12. The van der Waals surface area contributed by atoms with Crippen molar-refractivity contribution in [3.63, 3.8) is 0 Å². The summed E-state index contributed by atoms with van der Waals surface area (Å²) in [7, 11) is -3.70. The second-order valence-electron chi connectivity index (χ2n) is 5.43. The quantitative estimate of drug-likeness (QED) is 0.738. The molecule has 0 spiro atoms. The van der Waals surface area contributed by atoms with Gasteiger partial charge < -0.3 is 9.64 Å². The van der Waals surface area contributed by atoms with Crippen molar-refractivity contribution >= 4 is 16.3 Å². The van der Waals surface area contributed by atoms with Gasteiger partial charge in [-0.25, -0.2) is 9.93 Å². The molecule has 1 rings (SSSR count). The molecule has 0 unspecified atom stereocenters. The van der Waals surface area contributed by atoms with E-state index in [0.717, 1.165) is 0 Å². The maximum atomic E-state index is 11.8. The summed E-state index contributed by atoms with van der Waals surface area (Å²) in [6.07, 6.45) is -0.427. The van der Waals surface area contributed by atoms with Crippen molar-refractivity contribution in [1.29, 1.82) is 0 Å². The molecule has 106 valence electrons. The van der Waals surface area contributed by atoms with Crippen LogP contribution in [0.15, 0.2) is 0 Å². The number of nitrogens with zero attached hydrogens (tertiary/aromatic N) is 2. The maximum Gasteiger partial charge on any atom is 0.410 e. The van der Waals surface area contributed by atoms with E-state index in [1.807, 2.05) is 0 Å². The van der Waals surface area contributed by atoms with Gasteiger partial charge in [-0.3, -0.25) is 0 Å². The van der Waals surface area contributed by atoms with Gasteiger partial charge in [-0.15, -0.1) is 0 Å². The Morgan fingerprint density at radius 3 is 2.28 bits per heavy atom. The standard InChI is InChI=1S/C10H21N3O4S/c1-8-7-12(9(14)17-10(2,3)4)5-6-13(8)18(11,15)16/h8H,5-7H2,1-4H3,(H2,11,15,16)/t8-/m1/s1. The van der Waals surface area contributed by atoms with Crippen LogP contribution in [0, 0.1) is 0 Å². The molecule has 0 aromatic rings. The molecule has 1 aliphatic heterocycles. The minimum absolute atomic E-state index is 0.194. The summed E-state index contributed by atoms with van der Waals surface area (Å²) in [5.41, 5.74) is -0.558. The molecule has 1 saturated heterocycles. The Labute approximate surface area is 108 Å². The number of rotatable bonds is 1. The highest BCUT2D eigenvalue weighted by Crippen LogP contribution is 2.15. The molecule has 0 bridgehead atoms. The largest absolute Gasteiger partial charge is 0.444 e. The molecule has 1 heterocycles. The molecule has 8 heteroatoms. The van der Waals surface area contributed by atoms with Crippen LogP contribution in [0.2, 0.25) is 0 Å². The van der Waals surface area contributed by atoms with Gasteiger partial charge in [-0.05, 0) is 27.7 Å². The summed E-state index contributed by atoms with van der Waals surface area (Å²) in [5.74, 6) is 0. The predicted octanol–water partition coefficient (Wildman–Crippen LogP) is 0.131. The zero-order chi connectivity index (χ0) is 14.1. The number of carbonyl (C=O) groups excluding carboxylic acids is 1. The summed E-state index contributed by atoms with van der Waals surface area (Å²) >= 11 is 0. The summed E-state index contributed by atoms with van der Waals surface area (Å²) in [5, 5.41) is 5.09. The molecule has 18 heavy (non-hydrogen) atoms. The molecular formula is C10H21N3O4S. The molecule has 0 saturated carbocycles. The Kier molecular flexibility index (Phi) is 4.24. The fourth-order valence-electron chi connectivity index (χ4n) is 1.81. The number of carbonyl (C=O) groups is 1. The zero-order valence-corrected chi connectivity index (χ0v) is 12.0. The van der Waals surface area contributed by atoms with Crippen LogP contribution in [0.5, 0.6) is 0 Å². The lowest BCUT2D eigenvalue weighted by Gasteiger charge is -2.38. The van der Waals surface area contributed by atoms with Crippen molar-refractivity contribution in [2.24, 2.45) is 5.14 Å². The molecular weight excluding hydrogens is 258 g/mol. The van der Waals surface area contributed by atoms with Gasteiger partial charge in [0, 0.05) is 25.7 Å². The first-order chi connectivity index (χ1) is 8.00. The first-order valence-corrected chi connectivity index (χ1v) is 7.28. The van der Waals surface area contributed by atoms with Gasteiger partial charge >= 0.3 is 6.09 Å². The summed E-state index contributed by atoms with van der Waals surface area (Å²) < 4.78 is 29.0. The van der Waals surface area contributed by atoms with E-state index >= 15 is 0 Å². The van der Waals surface area contributed by atoms with Gasteiger partial charge in [-0.2, -0.15) is 12.7 Å². The van der Waals surface area contributed by atoms with Gasteiger partial charge in [0.25, 0.3) is 10.2 Å². The smallest absolute Gasteiger partial charge is 0.410 e. The van der Waals surface area contributed by atoms with E-state index in [4.69, 9.17) is 9.88 Å². The van der Waals surface area contributed by atoms with E-state index in [2.05, 4.69) is 0 Å². The number of piperazine rings is 1. The fourth-order valence-corrected chi connectivity index (χ4v) is 2.72. The lowest BCUT2D eigenvalue weighted by atomic mass is 10.2. The number of hydrogen-bond donors (Lipinski definition) is 1. The average molecular weight is 279 g/mol. The number of amides is 1.